The van der Waals surface area contributed by atoms with E-state index < -0.39 is 11.6 Å². The number of halogens is 2. The highest BCUT2D eigenvalue weighted by Gasteiger charge is 2.11. The van der Waals surface area contributed by atoms with Gasteiger partial charge in [-0.15, -0.1) is 0 Å². The smallest absolute Gasteiger partial charge is 0.200 e. The summed E-state index contributed by atoms with van der Waals surface area (Å²) in [6.07, 6.45) is 0.730. The summed E-state index contributed by atoms with van der Waals surface area (Å²) in [5.41, 5.74) is 0. The van der Waals surface area contributed by atoms with Crippen LogP contribution in [0.25, 0.3) is 0 Å². The molecule has 0 aliphatic heterocycles. The van der Waals surface area contributed by atoms with Crippen molar-refractivity contribution in [1.82, 2.24) is 0 Å². The summed E-state index contributed by atoms with van der Waals surface area (Å²) in [6.45, 7) is 2.06. The summed E-state index contributed by atoms with van der Waals surface area (Å²) in [6, 6.07) is 3.78. The van der Waals surface area contributed by atoms with Gasteiger partial charge in [0.05, 0.1) is 6.61 Å². The Morgan fingerprint density at radius 1 is 1.40 bits per heavy atom. The minimum atomic E-state index is -0.981. The molecule has 0 fully saturated rings. The zero-order valence-corrected chi connectivity index (χ0v) is 8.54. The summed E-state index contributed by atoms with van der Waals surface area (Å²) >= 11 is 0. The van der Waals surface area contributed by atoms with Crippen LogP contribution in [0.3, 0.4) is 0 Å². The standard InChI is InChI=1S/C11H14F2O2/c1-2-8(6-14)7-15-10-5-3-4-9(12)11(10)13/h3-5,8,14H,2,6-7H2,1H3. The minimum Gasteiger partial charge on any atom is -0.490 e. The molecular weight excluding hydrogens is 202 g/mol. The first kappa shape index (κ1) is 11.9. The Bertz CT molecular complexity index is 311. The van der Waals surface area contributed by atoms with Crippen molar-refractivity contribution >= 4 is 0 Å². The fourth-order valence-corrected chi connectivity index (χ4v) is 1.10. The van der Waals surface area contributed by atoms with Crippen LogP contribution in [0.5, 0.6) is 5.75 Å². The average molecular weight is 216 g/mol. The van der Waals surface area contributed by atoms with Crippen molar-refractivity contribution < 1.29 is 18.6 Å². The van der Waals surface area contributed by atoms with Crippen LogP contribution in [0.2, 0.25) is 0 Å². The molecule has 4 heteroatoms. The van der Waals surface area contributed by atoms with Crippen LogP contribution in [0.1, 0.15) is 13.3 Å². The van der Waals surface area contributed by atoms with Gasteiger partial charge in [-0.05, 0) is 18.6 Å². The number of benzene rings is 1. The van der Waals surface area contributed by atoms with Gasteiger partial charge in [-0.3, -0.25) is 0 Å². The van der Waals surface area contributed by atoms with Crippen LogP contribution in [0.15, 0.2) is 18.2 Å². The van der Waals surface area contributed by atoms with Crippen LogP contribution in [-0.2, 0) is 0 Å². The molecular formula is C11H14F2O2. The van der Waals surface area contributed by atoms with Gasteiger partial charge in [0, 0.05) is 12.5 Å². The van der Waals surface area contributed by atoms with Crippen LogP contribution >= 0.6 is 0 Å². The van der Waals surface area contributed by atoms with E-state index in [9.17, 15) is 8.78 Å². The molecule has 0 amide bonds. The molecule has 1 atom stereocenters. The number of aliphatic hydroxyl groups excluding tert-OH is 1. The van der Waals surface area contributed by atoms with E-state index in [0.717, 1.165) is 12.5 Å². The lowest BCUT2D eigenvalue weighted by atomic mass is 10.1. The maximum absolute atomic E-state index is 13.1. The lowest BCUT2D eigenvalue weighted by Crippen LogP contribution is -2.15. The maximum atomic E-state index is 13.1. The Balaban J connectivity index is 2.61. The van der Waals surface area contributed by atoms with E-state index in [1.807, 2.05) is 6.92 Å². The lowest BCUT2D eigenvalue weighted by molar-refractivity contribution is 0.156. The van der Waals surface area contributed by atoms with Crippen molar-refractivity contribution in [3.8, 4) is 5.75 Å². The topological polar surface area (TPSA) is 29.5 Å². The summed E-state index contributed by atoms with van der Waals surface area (Å²) in [7, 11) is 0. The normalized spacial score (nSPS) is 12.5. The van der Waals surface area contributed by atoms with Crippen molar-refractivity contribution in [2.75, 3.05) is 13.2 Å². The van der Waals surface area contributed by atoms with Gasteiger partial charge in [-0.2, -0.15) is 4.39 Å². The molecule has 0 saturated heterocycles. The first-order valence-corrected chi connectivity index (χ1v) is 4.86. The van der Waals surface area contributed by atoms with Gasteiger partial charge in [-0.1, -0.05) is 13.0 Å². The molecule has 1 aromatic rings. The lowest BCUT2D eigenvalue weighted by Gasteiger charge is -2.13. The molecule has 0 saturated carbocycles. The largest absolute Gasteiger partial charge is 0.490 e. The van der Waals surface area contributed by atoms with Gasteiger partial charge in [0.2, 0.25) is 5.82 Å². The zero-order chi connectivity index (χ0) is 11.3. The van der Waals surface area contributed by atoms with Crippen molar-refractivity contribution in [2.24, 2.45) is 5.92 Å². The summed E-state index contributed by atoms with van der Waals surface area (Å²) < 4.78 is 30.9. The van der Waals surface area contributed by atoms with Crippen molar-refractivity contribution in [2.45, 2.75) is 13.3 Å². The monoisotopic (exact) mass is 216 g/mol. The predicted octanol–water partition coefficient (Wildman–Crippen LogP) is 2.36. The van der Waals surface area contributed by atoms with Gasteiger partial charge >= 0.3 is 0 Å². The second-order valence-corrected chi connectivity index (χ2v) is 3.32. The number of hydrogen-bond acceptors (Lipinski definition) is 2. The van der Waals surface area contributed by atoms with Gasteiger partial charge in [0.25, 0.3) is 0 Å². The van der Waals surface area contributed by atoms with Gasteiger partial charge in [0.1, 0.15) is 0 Å². The fraction of sp³-hybridized carbons (Fsp3) is 0.455. The third-order valence-electron chi connectivity index (χ3n) is 2.23. The molecule has 1 N–H and O–H groups in total. The Hall–Kier alpha value is -1.16. The highest BCUT2D eigenvalue weighted by atomic mass is 19.2. The SMILES string of the molecule is CCC(CO)COc1cccc(F)c1F. The number of hydrogen-bond donors (Lipinski definition) is 1. The molecule has 0 bridgehead atoms. The van der Waals surface area contributed by atoms with Gasteiger partial charge in [0.15, 0.2) is 11.6 Å². The first-order chi connectivity index (χ1) is 7.19. The number of ether oxygens (including phenoxy) is 1. The zero-order valence-electron chi connectivity index (χ0n) is 8.54. The van der Waals surface area contributed by atoms with E-state index in [4.69, 9.17) is 9.84 Å². The third-order valence-corrected chi connectivity index (χ3v) is 2.23. The van der Waals surface area contributed by atoms with Gasteiger partial charge in [-0.25, -0.2) is 4.39 Å². The first-order valence-electron chi connectivity index (χ1n) is 4.86. The van der Waals surface area contributed by atoms with Crippen molar-refractivity contribution in [3.05, 3.63) is 29.8 Å². The summed E-state index contributed by atoms with van der Waals surface area (Å²) in [4.78, 5) is 0. The second-order valence-electron chi connectivity index (χ2n) is 3.32. The van der Waals surface area contributed by atoms with Crippen molar-refractivity contribution in [3.63, 3.8) is 0 Å². The Morgan fingerprint density at radius 3 is 2.73 bits per heavy atom. The highest BCUT2D eigenvalue weighted by molar-refractivity contribution is 5.24. The summed E-state index contributed by atoms with van der Waals surface area (Å²) in [5.74, 6) is -2.07. The average Bonchev–Trinajstić information content (AvgIpc) is 2.25. The minimum absolute atomic E-state index is 0.0204. The Labute approximate surface area is 87.5 Å². The molecule has 84 valence electrons. The molecule has 0 aromatic heterocycles. The Morgan fingerprint density at radius 2 is 2.13 bits per heavy atom. The molecule has 15 heavy (non-hydrogen) atoms. The van der Waals surface area contributed by atoms with E-state index in [1.54, 1.807) is 0 Å². The molecule has 0 radical (unpaired) electrons. The Kier molecular flexibility index (Phi) is 4.49. The van der Waals surface area contributed by atoms with E-state index in [0.29, 0.717) is 0 Å². The quantitative estimate of drug-likeness (QED) is 0.818. The van der Waals surface area contributed by atoms with Crippen LogP contribution in [-0.4, -0.2) is 18.3 Å². The van der Waals surface area contributed by atoms with E-state index in [2.05, 4.69) is 0 Å². The predicted molar refractivity (Wildman–Crippen MR) is 52.7 cm³/mol. The molecule has 0 heterocycles. The van der Waals surface area contributed by atoms with E-state index in [-0.39, 0.29) is 24.9 Å². The van der Waals surface area contributed by atoms with Crippen LogP contribution in [0.4, 0.5) is 8.78 Å². The second kappa shape index (κ2) is 5.66. The van der Waals surface area contributed by atoms with E-state index >= 15 is 0 Å². The molecule has 1 aromatic carbocycles. The maximum Gasteiger partial charge on any atom is 0.200 e. The summed E-state index contributed by atoms with van der Waals surface area (Å²) in [5, 5.41) is 8.88. The van der Waals surface area contributed by atoms with Crippen LogP contribution < -0.4 is 4.74 Å². The van der Waals surface area contributed by atoms with Crippen molar-refractivity contribution in [1.29, 1.82) is 0 Å². The van der Waals surface area contributed by atoms with E-state index in [1.165, 1.54) is 12.1 Å². The molecule has 0 spiro atoms. The molecule has 1 rings (SSSR count). The molecule has 2 nitrogen and oxygen atoms in total. The molecule has 0 aliphatic rings. The third kappa shape index (κ3) is 3.16. The molecule has 1 unspecified atom stereocenters. The van der Waals surface area contributed by atoms with Gasteiger partial charge < -0.3 is 9.84 Å². The number of rotatable bonds is 5. The fourth-order valence-electron chi connectivity index (χ4n) is 1.10. The van der Waals surface area contributed by atoms with Crippen LogP contribution in [0, 0.1) is 17.6 Å². The number of aliphatic hydroxyl groups is 1. The molecule has 0 aliphatic carbocycles. The highest BCUT2D eigenvalue weighted by Crippen LogP contribution is 2.19.